The Morgan fingerprint density at radius 2 is 1.85 bits per heavy atom. The van der Waals surface area contributed by atoms with E-state index in [9.17, 15) is 4.79 Å². The Hall–Kier alpha value is -1.32. The first-order chi connectivity index (χ1) is 9.67. The van der Waals surface area contributed by atoms with Gasteiger partial charge in [0, 0.05) is 12.7 Å². The van der Waals surface area contributed by atoms with Gasteiger partial charge < -0.3 is 9.67 Å². The number of hydrogen-bond donors (Lipinski definition) is 1. The number of nitrogens with zero attached hydrogens (tertiary/aromatic N) is 2. The third-order valence-corrected chi connectivity index (χ3v) is 5.86. The van der Waals surface area contributed by atoms with Gasteiger partial charge in [-0.15, -0.1) is 0 Å². The number of hydrogen-bond acceptors (Lipinski definition) is 2. The molecular formula is C16H22N2O2. The van der Waals surface area contributed by atoms with Crippen LogP contribution in [0.2, 0.25) is 0 Å². The van der Waals surface area contributed by atoms with Crippen LogP contribution in [0.25, 0.3) is 0 Å². The van der Waals surface area contributed by atoms with Gasteiger partial charge in [-0.3, -0.25) is 4.79 Å². The monoisotopic (exact) mass is 274 g/mol. The van der Waals surface area contributed by atoms with E-state index in [2.05, 4.69) is 9.55 Å². The molecule has 4 nitrogen and oxygen atoms in total. The van der Waals surface area contributed by atoms with Crippen LogP contribution in [-0.2, 0) is 17.8 Å². The molecule has 4 heteroatoms. The molecule has 4 fully saturated rings. The fraction of sp³-hybridized carbons (Fsp3) is 0.750. The van der Waals surface area contributed by atoms with Crippen LogP contribution in [0, 0.1) is 29.6 Å². The highest BCUT2D eigenvalue weighted by Crippen LogP contribution is 2.56. The zero-order chi connectivity index (χ0) is 13.7. The molecule has 0 amide bonds. The Morgan fingerprint density at radius 3 is 2.45 bits per heavy atom. The van der Waals surface area contributed by atoms with E-state index in [-0.39, 0.29) is 6.42 Å². The molecule has 0 spiro atoms. The molecule has 4 aliphatic rings. The van der Waals surface area contributed by atoms with Crippen LogP contribution < -0.4 is 0 Å². The number of aliphatic carboxylic acids is 1. The smallest absolute Gasteiger partial charge is 0.309 e. The van der Waals surface area contributed by atoms with Gasteiger partial charge in [0.15, 0.2) is 0 Å². The van der Waals surface area contributed by atoms with E-state index in [1.165, 1.54) is 32.1 Å². The van der Waals surface area contributed by atoms with Crippen molar-refractivity contribution in [1.29, 1.82) is 0 Å². The summed E-state index contributed by atoms with van der Waals surface area (Å²) in [6, 6.07) is 0. The molecule has 1 heterocycles. The third-order valence-electron chi connectivity index (χ3n) is 5.86. The van der Waals surface area contributed by atoms with Gasteiger partial charge in [0.1, 0.15) is 0 Å². The normalized spacial score (nSPS) is 38.3. The average Bonchev–Trinajstić information content (AvgIpc) is 2.79. The fourth-order valence-corrected chi connectivity index (χ4v) is 5.33. The summed E-state index contributed by atoms with van der Waals surface area (Å²) in [4.78, 5) is 14.9. The van der Waals surface area contributed by atoms with Gasteiger partial charge in [0.25, 0.3) is 0 Å². The largest absolute Gasteiger partial charge is 0.481 e. The van der Waals surface area contributed by atoms with Gasteiger partial charge >= 0.3 is 5.97 Å². The van der Waals surface area contributed by atoms with Gasteiger partial charge in [0.05, 0.1) is 18.4 Å². The molecular weight excluding hydrogens is 252 g/mol. The van der Waals surface area contributed by atoms with Crippen LogP contribution >= 0.6 is 0 Å². The molecule has 1 N–H and O–H groups in total. The van der Waals surface area contributed by atoms with Crippen LogP contribution in [0.15, 0.2) is 12.5 Å². The van der Waals surface area contributed by atoms with Crippen LogP contribution in [0.5, 0.6) is 0 Å². The van der Waals surface area contributed by atoms with Crippen molar-refractivity contribution in [3.63, 3.8) is 0 Å². The number of carboxylic acids is 1. The first-order valence-electron chi connectivity index (χ1n) is 7.90. The summed E-state index contributed by atoms with van der Waals surface area (Å²) in [7, 11) is 0. The molecule has 20 heavy (non-hydrogen) atoms. The standard InChI is InChI=1S/C16H22N2O2/c19-16(20)6-14-7-18(9-17-14)8-15-12-2-10-1-11(4-12)5-13(15)3-10/h7,9-13,15H,1-6,8H2,(H,19,20). The lowest BCUT2D eigenvalue weighted by Crippen LogP contribution is -2.46. The molecule has 0 atom stereocenters. The molecule has 0 aromatic carbocycles. The molecule has 0 saturated heterocycles. The molecule has 0 aliphatic heterocycles. The highest BCUT2D eigenvalue weighted by atomic mass is 16.4. The van der Waals surface area contributed by atoms with Crippen LogP contribution in [0.3, 0.4) is 0 Å². The number of carboxylic acid groups (broad SMARTS) is 1. The SMILES string of the molecule is O=C(O)Cc1cn(CC2C3CC4CC(C3)CC2C4)cn1. The van der Waals surface area contributed by atoms with Gasteiger partial charge in [-0.05, 0) is 61.7 Å². The third kappa shape index (κ3) is 2.15. The Labute approximate surface area is 119 Å². The Balaban J connectivity index is 1.46. The van der Waals surface area contributed by atoms with Crippen molar-refractivity contribution in [3.05, 3.63) is 18.2 Å². The lowest BCUT2D eigenvalue weighted by Gasteiger charge is -2.54. The van der Waals surface area contributed by atoms with Crippen molar-refractivity contribution in [2.24, 2.45) is 29.6 Å². The maximum absolute atomic E-state index is 10.7. The second kappa shape index (κ2) is 4.61. The predicted molar refractivity (Wildman–Crippen MR) is 74.1 cm³/mol. The quantitative estimate of drug-likeness (QED) is 0.918. The molecule has 1 aromatic rings. The van der Waals surface area contributed by atoms with E-state index in [4.69, 9.17) is 5.11 Å². The van der Waals surface area contributed by atoms with Crippen molar-refractivity contribution in [1.82, 2.24) is 9.55 Å². The molecule has 1 aromatic heterocycles. The van der Waals surface area contributed by atoms with Gasteiger partial charge in [-0.25, -0.2) is 4.98 Å². The summed E-state index contributed by atoms with van der Waals surface area (Å²) in [5, 5.41) is 8.81. The van der Waals surface area contributed by atoms with Crippen molar-refractivity contribution in [3.8, 4) is 0 Å². The number of imidazole rings is 1. The summed E-state index contributed by atoms with van der Waals surface area (Å²) in [6.07, 6.45) is 11.0. The minimum Gasteiger partial charge on any atom is -0.481 e. The number of carbonyl (C=O) groups is 1. The summed E-state index contributed by atoms with van der Waals surface area (Å²) >= 11 is 0. The van der Waals surface area contributed by atoms with Gasteiger partial charge in [-0.1, -0.05) is 0 Å². The van der Waals surface area contributed by atoms with Crippen molar-refractivity contribution in [2.75, 3.05) is 0 Å². The van der Waals surface area contributed by atoms with Crippen molar-refractivity contribution in [2.45, 2.75) is 45.1 Å². The van der Waals surface area contributed by atoms with E-state index in [1.54, 1.807) is 0 Å². The van der Waals surface area contributed by atoms with Gasteiger partial charge in [0.2, 0.25) is 0 Å². The van der Waals surface area contributed by atoms with Crippen LogP contribution in [0.1, 0.15) is 37.8 Å². The molecule has 4 saturated carbocycles. The van der Waals surface area contributed by atoms with E-state index in [0.29, 0.717) is 5.69 Å². The predicted octanol–water partition coefficient (Wildman–Crippen LogP) is 2.58. The minimum atomic E-state index is -0.801. The van der Waals surface area contributed by atoms with Gasteiger partial charge in [-0.2, -0.15) is 0 Å². The van der Waals surface area contributed by atoms with E-state index in [1.807, 2.05) is 12.5 Å². The topological polar surface area (TPSA) is 55.1 Å². The Morgan fingerprint density at radius 1 is 1.20 bits per heavy atom. The van der Waals surface area contributed by atoms with E-state index < -0.39 is 5.97 Å². The second-order valence-electron chi connectivity index (χ2n) is 7.23. The fourth-order valence-electron chi connectivity index (χ4n) is 5.33. The average molecular weight is 274 g/mol. The lowest BCUT2D eigenvalue weighted by atomic mass is 9.52. The zero-order valence-electron chi connectivity index (χ0n) is 11.7. The Bertz CT molecular complexity index is 494. The summed E-state index contributed by atoms with van der Waals surface area (Å²) < 4.78 is 2.13. The molecule has 5 rings (SSSR count). The lowest BCUT2D eigenvalue weighted by molar-refractivity contribution is -0.136. The Kier molecular flexibility index (Phi) is 2.86. The second-order valence-corrected chi connectivity index (χ2v) is 7.23. The van der Waals surface area contributed by atoms with Crippen LogP contribution in [0.4, 0.5) is 0 Å². The van der Waals surface area contributed by atoms with Crippen LogP contribution in [-0.4, -0.2) is 20.6 Å². The summed E-state index contributed by atoms with van der Waals surface area (Å²) in [6.45, 7) is 1.04. The van der Waals surface area contributed by atoms with E-state index in [0.717, 1.165) is 36.1 Å². The minimum absolute atomic E-state index is 0.0364. The highest BCUT2D eigenvalue weighted by molar-refractivity contribution is 5.69. The number of rotatable bonds is 4. The zero-order valence-corrected chi connectivity index (χ0v) is 11.7. The molecule has 108 valence electrons. The van der Waals surface area contributed by atoms with E-state index >= 15 is 0 Å². The maximum Gasteiger partial charge on any atom is 0.309 e. The maximum atomic E-state index is 10.7. The molecule has 0 unspecified atom stereocenters. The van der Waals surface area contributed by atoms with Crippen molar-refractivity contribution < 1.29 is 9.90 Å². The first kappa shape index (κ1) is 12.4. The van der Waals surface area contributed by atoms with Crippen molar-refractivity contribution >= 4 is 5.97 Å². The molecule has 4 aliphatic carbocycles. The summed E-state index contributed by atoms with van der Waals surface area (Å²) in [5.74, 6) is 3.85. The molecule has 4 bridgehead atoms. The summed E-state index contributed by atoms with van der Waals surface area (Å²) in [5.41, 5.74) is 0.682. The number of aromatic nitrogens is 2. The highest BCUT2D eigenvalue weighted by Gasteiger charge is 2.47. The molecule has 0 radical (unpaired) electrons. The first-order valence-corrected chi connectivity index (χ1v) is 7.90.